The zero-order valence-corrected chi connectivity index (χ0v) is 18.2. The lowest BCUT2D eigenvalue weighted by molar-refractivity contribution is 0.0822. The molecule has 0 saturated heterocycles. The number of hydrogen-bond acceptors (Lipinski definition) is 5. The van der Waals surface area contributed by atoms with Crippen LogP contribution >= 0.6 is 0 Å². The summed E-state index contributed by atoms with van der Waals surface area (Å²) in [7, 11) is 4.87. The molecule has 0 spiro atoms. The molecule has 0 radical (unpaired) electrons. The molecule has 0 bridgehead atoms. The number of aryl methyl sites for hydroxylation is 1. The Labute approximate surface area is 184 Å². The number of benzene rings is 2. The monoisotopic (exact) mass is 430 g/mol. The van der Waals surface area contributed by atoms with Crippen LogP contribution in [0.1, 0.15) is 26.4 Å². The van der Waals surface area contributed by atoms with Crippen molar-refractivity contribution in [1.82, 2.24) is 14.7 Å². The molecule has 2 aromatic heterocycles. The molecule has 0 aliphatic rings. The first-order chi connectivity index (χ1) is 15.3. The molecule has 2 aromatic carbocycles. The molecular formula is C24H22N4O4. The number of aromatic nitrogens is 2. The second kappa shape index (κ2) is 8.14. The third kappa shape index (κ3) is 3.66. The summed E-state index contributed by atoms with van der Waals surface area (Å²) in [5.74, 6) is -0.442. The van der Waals surface area contributed by atoms with Crippen LogP contribution in [-0.2, 0) is 7.05 Å². The van der Waals surface area contributed by atoms with E-state index in [1.807, 2.05) is 30.3 Å². The van der Waals surface area contributed by atoms with E-state index in [-0.39, 0.29) is 33.9 Å². The minimum absolute atomic E-state index is 0.119. The van der Waals surface area contributed by atoms with Crippen LogP contribution in [0, 0.1) is 6.92 Å². The van der Waals surface area contributed by atoms with E-state index in [4.69, 9.17) is 4.42 Å². The molecule has 32 heavy (non-hydrogen) atoms. The summed E-state index contributed by atoms with van der Waals surface area (Å²) in [6.07, 6.45) is 1.55. The molecule has 0 unspecified atom stereocenters. The van der Waals surface area contributed by atoms with E-state index in [1.165, 1.54) is 9.58 Å². The second-order valence-corrected chi connectivity index (χ2v) is 7.65. The number of carbonyl (C=O) groups is 2. The number of fused-ring (bicyclic) bond motifs is 1. The molecule has 8 nitrogen and oxygen atoms in total. The minimum atomic E-state index is -0.512. The maximum atomic E-state index is 13.2. The van der Waals surface area contributed by atoms with Crippen LogP contribution in [0.5, 0.6) is 0 Å². The van der Waals surface area contributed by atoms with Gasteiger partial charge < -0.3 is 14.6 Å². The zero-order chi connectivity index (χ0) is 23.0. The second-order valence-electron chi connectivity index (χ2n) is 7.65. The van der Waals surface area contributed by atoms with Crippen LogP contribution in [-0.4, -0.2) is 40.6 Å². The van der Waals surface area contributed by atoms with Gasteiger partial charge in [0.1, 0.15) is 5.76 Å². The van der Waals surface area contributed by atoms with E-state index in [2.05, 4.69) is 10.4 Å². The predicted molar refractivity (Wildman–Crippen MR) is 122 cm³/mol. The molecule has 0 fully saturated rings. The molecular weight excluding hydrogens is 408 g/mol. The maximum absolute atomic E-state index is 13.2. The fourth-order valence-electron chi connectivity index (χ4n) is 3.49. The molecule has 4 rings (SSSR count). The largest absolute Gasteiger partial charge is 0.455 e. The number of anilines is 1. The van der Waals surface area contributed by atoms with Crippen molar-refractivity contribution < 1.29 is 14.0 Å². The Morgan fingerprint density at radius 1 is 1.06 bits per heavy atom. The van der Waals surface area contributed by atoms with Crippen LogP contribution in [0.2, 0.25) is 0 Å². The van der Waals surface area contributed by atoms with Gasteiger partial charge >= 0.3 is 0 Å². The molecule has 1 N–H and O–H groups in total. The van der Waals surface area contributed by atoms with E-state index >= 15 is 0 Å². The fourth-order valence-corrected chi connectivity index (χ4v) is 3.49. The molecule has 0 saturated carbocycles. The average Bonchev–Trinajstić information content (AvgIpc) is 3.15. The average molecular weight is 430 g/mol. The number of para-hydroxylation sites is 1. The topological polar surface area (TPSA) is 97.4 Å². The van der Waals surface area contributed by atoms with Gasteiger partial charge in [0.05, 0.1) is 16.6 Å². The van der Waals surface area contributed by atoms with E-state index in [0.29, 0.717) is 16.7 Å². The summed E-state index contributed by atoms with van der Waals surface area (Å²) < 4.78 is 7.56. The Bertz CT molecular complexity index is 1400. The standard InChI is InChI=1S/C24H22N4O4/c1-14-20(29)16-11-8-12-17(22(16)32-21(14)15-9-6-5-7-10-15)23(30)25-18-13-28(4)26-19(18)24(31)27(2)3/h5-13H,1-4H3,(H,25,30). The Kier molecular flexibility index (Phi) is 5.36. The third-order valence-corrected chi connectivity index (χ3v) is 5.11. The Morgan fingerprint density at radius 2 is 1.78 bits per heavy atom. The summed E-state index contributed by atoms with van der Waals surface area (Å²) >= 11 is 0. The molecule has 0 aliphatic carbocycles. The van der Waals surface area contributed by atoms with E-state index in [9.17, 15) is 14.4 Å². The van der Waals surface area contributed by atoms with Gasteiger partial charge in [0.25, 0.3) is 11.8 Å². The van der Waals surface area contributed by atoms with Crippen molar-refractivity contribution in [3.8, 4) is 11.3 Å². The first-order valence-electron chi connectivity index (χ1n) is 9.96. The van der Waals surface area contributed by atoms with Crippen molar-refractivity contribution in [3.05, 3.63) is 81.8 Å². The molecule has 8 heteroatoms. The van der Waals surface area contributed by atoms with E-state index < -0.39 is 5.91 Å². The van der Waals surface area contributed by atoms with Gasteiger partial charge in [0.2, 0.25) is 0 Å². The van der Waals surface area contributed by atoms with E-state index in [1.54, 1.807) is 52.5 Å². The highest BCUT2D eigenvalue weighted by Gasteiger charge is 2.22. The number of amides is 2. The normalized spacial score (nSPS) is 10.9. The van der Waals surface area contributed by atoms with Crippen molar-refractivity contribution in [2.75, 3.05) is 19.4 Å². The van der Waals surface area contributed by atoms with Crippen molar-refractivity contribution >= 4 is 28.5 Å². The number of carbonyl (C=O) groups excluding carboxylic acids is 2. The van der Waals surface area contributed by atoms with Crippen molar-refractivity contribution in [2.24, 2.45) is 7.05 Å². The highest BCUT2D eigenvalue weighted by Crippen LogP contribution is 2.28. The van der Waals surface area contributed by atoms with Crippen LogP contribution in [0.3, 0.4) is 0 Å². The third-order valence-electron chi connectivity index (χ3n) is 5.11. The van der Waals surface area contributed by atoms with Crippen LogP contribution in [0.15, 0.2) is 63.9 Å². The maximum Gasteiger partial charge on any atom is 0.276 e. The van der Waals surface area contributed by atoms with Gasteiger partial charge in [-0.15, -0.1) is 0 Å². The lowest BCUT2D eigenvalue weighted by Gasteiger charge is -2.12. The number of rotatable bonds is 4. The van der Waals surface area contributed by atoms with Crippen LogP contribution < -0.4 is 10.7 Å². The number of hydrogen-bond donors (Lipinski definition) is 1. The van der Waals surface area contributed by atoms with Crippen molar-refractivity contribution in [3.63, 3.8) is 0 Å². The number of nitrogens with one attached hydrogen (secondary N) is 1. The first-order valence-corrected chi connectivity index (χ1v) is 9.96. The zero-order valence-electron chi connectivity index (χ0n) is 18.2. The smallest absolute Gasteiger partial charge is 0.276 e. The predicted octanol–water partition coefficient (Wildman–Crippen LogP) is 3.46. The molecule has 4 aromatic rings. The summed E-state index contributed by atoms with van der Waals surface area (Å²) in [4.78, 5) is 40.0. The number of nitrogens with zero attached hydrogens (tertiary/aromatic N) is 3. The molecule has 0 atom stereocenters. The summed E-state index contributed by atoms with van der Waals surface area (Å²) in [6, 6.07) is 14.1. The molecule has 2 heterocycles. The minimum Gasteiger partial charge on any atom is -0.455 e. The fraction of sp³-hybridized carbons (Fsp3) is 0.167. The van der Waals surface area contributed by atoms with Gasteiger partial charge in [-0.3, -0.25) is 19.1 Å². The van der Waals surface area contributed by atoms with E-state index in [0.717, 1.165) is 5.56 Å². The summed E-state index contributed by atoms with van der Waals surface area (Å²) in [6.45, 7) is 1.70. The first kappa shape index (κ1) is 21.0. The van der Waals surface area contributed by atoms with Crippen molar-refractivity contribution in [2.45, 2.75) is 6.92 Å². The molecule has 2 amide bonds. The van der Waals surface area contributed by atoms with Gasteiger partial charge in [0.15, 0.2) is 16.7 Å². The molecule has 0 aliphatic heterocycles. The highest BCUT2D eigenvalue weighted by molar-refractivity contribution is 6.13. The van der Waals surface area contributed by atoms with Gasteiger partial charge in [-0.05, 0) is 19.1 Å². The van der Waals surface area contributed by atoms with Gasteiger partial charge in [-0.1, -0.05) is 36.4 Å². The quantitative estimate of drug-likeness (QED) is 0.535. The lowest BCUT2D eigenvalue weighted by atomic mass is 10.0. The van der Waals surface area contributed by atoms with Crippen LogP contribution in [0.25, 0.3) is 22.3 Å². The highest BCUT2D eigenvalue weighted by atomic mass is 16.3. The van der Waals surface area contributed by atoms with Gasteiger partial charge in [0, 0.05) is 38.5 Å². The summed E-state index contributed by atoms with van der Waals surface area (Å²) in [5.41, 5.74) is 1.76. The van der Waals surface area contributed by atoms with Crippen LogP contribution in [0.4, 0.5) is 5.69 Å². The van der Waals surface area contributed by atoms with Crippen molar-refractivity contribution in [1.29, 1.82) is 0 Å². The molecule has 162 valence electrons. The van der Waals surface area contributed by atoms with Gasteiger partial charge in [-0.25, -0.2) is 0 Å². The SMILES string of the molecule is Cc1c(-c2ccccc2)oc2c(C(=O)Nc3cn(C)nc3C(=O)N(C)C)cccc2c1=O. The Hall–Kier alpha value is -4.20. The Balaban J connectivity index is 1.82. The lowest BCUT2D eigenvalue weighted by Crippen LogP contribution is -2.24. The Morgan fingerprint density at radius 3 is 2.47 bits per heavy atom. The van der Waals surface area contributed by atoms with Gasteiger partial charge in [-0.2, -0.15) is 5.10 Å². The summed E-state index contributed by atoms with van der Waals surface area (Å²) in [5, 5.41) is 7.21.